The van der Waals surface area contributed by atoms with E-state index in [9.17, 15) is 9.90 Å². The zero-order valence-electron chi connectivity index (χ0n) is 12.3. The molecule has 2 N–H and O–H groups in total. The van der Waals surface area contributed by atoms with E-state index in [1.807, 2.05) is 0 Å². The van der Waals surface area contributed by atoms with Gasteiger partial charge in [0.15, 0.2) is 17.8 Å². The van der Waals surface area contributed by atoms with Crippen LogP contribution >= 0.6 is 0 Å². The van der Waals surface area contributed by atoms with Crippen LogP contribution in [0, 0.1) is 0 Å². The van der Waals surface area contributed by atoms with Gasteiger partial charge >= 0.3 is 0 Å². The van der Waals surface area contributed by atoms with E-state index < -0.39 is 18.0 Å². The van der Waals surface area contributed by atoms with Crippen molar-refractivity contribution in [1.82, 2.24) is 15.0 Å². The molecule has 8 nitrogen and oxygen atoms in total. The van der Waals surface area contributed by atoms with E-state index in [4.69, 9.17) is 14.6 Å². The fourth-order valence-corrected chi connectivity index (χ4v) is 3.24. The highest BCUT2D eigenvalue weighted by Gasteiger charge is 2.45. The van der Waals surface area contributed by atoms with Crippen LogP contribution in [0.15, 0.2) is 0 Å². The minimum atomic E-state index is -1.07. The molecule has 8 heteroatoms. The Morgan fingerprint density at radius 2 is 2.18 bits per heavy atom. The SMILES string of the molecule is O=Cc1nnn(CCO)c1C(O)C1COC2(CCCCC2)O1. The lowest BCUT2D eigenvalue weighted by atomic mass is 9.94. The summed E-state index contributed by atoms with van der Waals surface area (Å²) in [5, 5.41) is 27.2. The summed E-state index contributed by atoms with van der Waals surface area (Å²) in [4.78, 5) is 11.1. The molecule has 1 aromatic heterocycles. The quantitative estimate of drug-likeness (QED) is 0.748. The Kier molecular flexibility index (Phi) is 4.53. The van der Waals surface area contributed by atoms with Crippen molar-refractivity contribution in [1.29, 1.82) is 0 Å². The lowest BCUT2D eigenvalue weighted by Gasteiger charge is -2.32. The molecule has 1 aliphatic carbocycles. The number of hydrogen-bond donors (Lipinski definition) is 2. The van der Waals surface area contributed by atoms with Crippen molar-refractivity contribution in [2.24, 2.45) is 0 Å². The maximum atomic E-state index is 11.1. The Labute approximate surface area is 128 Å². The number of aliphatic hydroxyl groups is 2. The third-order valence-corrected chi connectivity index (χ3v) is 4.35. The van der Waals surface area contributed by atoms with Crippen molar-refractivity contribution in [3.05, 3.63) is 11.4 Å². The van der Waals surface area contributed by atoms with Gasteiger partial charge in [-0.25, -0.2) is 4.68 Å². The first-order valence-corrected chi connectivity index (χ1v) is 7.68. The smallest absolute Gasteiger partial charge is 0.172 e. The summed E-state index contributed by atoms with van der Waals surface area (Å²) >= 11 is 0. The van der Waals surface area contributed by atoms with E-state index in [0.29, 0.717) is 6.29 Å². The first-order chi connectivity index (χ1) is 10.7. The van der Waals surface area contributed by atoms with Crippen LogP contribution in [0.4, 0.5) is 0 Å². The highest BCUT2D eigenvalue weighted by atomic mass is 16.7. The van der Waals surface area contributed by atoms with Crippen LogP contribution in [0.5, 0.6) is 0 Å². The van der Waals surface area contributed by atoms with E-state index in [1.165, 1.54) is 11.1 Å². The predicted octanol–water partition coefficient (Wildman–Crippen LogP) is 0.192. The van der Waals surface area contributed by atoms with E-state index in [2.05, 4.69) is 10.3 Å². The van der Waals surface area contributed by atoms with E-state index in [1.54, 1.807) is 0 Å². The maximum absolute atomic E-state index is 11.1. The zero-order chi connectivity index (χ0) is 15.6. The normalized spacial score (nSPS) is 25.5. The molecule has 1 spiro atoms. The number of carbonyl (C=O) groups excluding carboxylic acids is 1. The Morgan fingerprint density at radius 1 is 1.41 bits per heavy atom. The predicted molar refractivity (Wildman–Crippen MR) is 74.1 cm³/mol. The second kappa shape index (κ2) is 6.41. The molecular weight excluding hydrogens is 290 g/mol. The van der Waals surface area contributed by atoms with Crippen LogP contribution in [0.25, 0.3) is 0 Å². The van der Waals surface area contributed by atoms with Crippen molar-refractivity contribution in [3.63, 3.8) is 0 Å². The van der Waals surface area contributed by atoms with Gasteiger partial charge in [-0.1, -0.05) is 11.6 Å². The maximum Gasteiger partial charge on any atom is 0.172 e. The van der Waals surface area contributed by atoms with E-state index in [0.717, 1.165) is 25.7 Å². The molecule has 3 rings (SSSR count). The number of carbonyl (C=O) groups is 1. The van der Waals surface area contributed by atoms with Crippen LogP contribution < -0.4 is 0 Å². The van der Waals surface area contributed by atoms with Crippen molar-refractivity contribution >= 4 is 6.29 Å². The van der Waals surface area contributed by atoms with E-state index >= 15 is 0 Å². The molecular formula is C14H21N3O5. The summed E-state index contributed by atoms with van der Waals surface area (Å²) in [7, 11) is 0. The Bertz CT molecular complexity index is 527. The molecule has 2 unspecified atom stereocenters. The molecule has 1 aromatic rings. The van der Waals surface area contributed by atoms with Crippen LogP contribution in [-0.4, -0.2) is 56.6 Å². The molecule has 1 saturated heterocycles. The fourth-order valence-electron chi connectivity index (χ4n) is 3.24. The minimum Gasteiger partial charge on any atom is -0.394 e. The fraction of sp³-hybridized carbons (Fsp3) is 0.786. The van der Waals surface area contributed by atoms with Gasteiger partial charge < -0.3 is 19.7 Å². The third-order valence-electron chi connectivity index (χ3n) is 4.35. The zero-order valence-corrected chi connectivity index (χ0v) is 12.3. The summed E-state index contributed by atoms with van der Waals surface area (Å²) in [6.07, 6.45) is 3.83. The summed E-state index contributed by atoms with van der Waals surface area (Å²) in [5.41, 5.74) is 0.333. The summed E-state index contributed by atoms with van der Waals surface area (Å²) in [5.74, 6) is -0.597. The average molecular weight is 311 g/mol. The average Bonchev–Trinajstić information content (AvgIpc) is 3.12. The Balaban J connectivity index is 1.78. The summed E-state index contributed by atoms with van der Waals surface area (Å²) in [6.45, 7) is 0.267. The summed E-state index contributed by atoms with van der Waals surface area (Å²) < 4.78 is 13.1. The Hall–Kier alpha value is -1.35. The molecule has 0 bridgehead atoms. The molecule has 0 radical (unpaired) electrons. The third kappa shape index (κ3) is 2.79. The van der Waals surface area contributed by atoms with E-state index in [-0.39, 0.29) is 31.1 Å². The topological polar surface area (TPSA) is 107 Å². The first kappa shape index (κ1) is 15.5. The molecule has 2 aliphatic rings. The highest BCUT2D eigenvalue weighted by molar-refractivity contribution is 5.73. The van der Waals surface area contributed by atoms with Gasteiger partial charge in [0.2, 0.25) is 0 Å². The largest absolute Gasteiger partial charge is 0.394 e. The van der Waals surface area contributed by atoms with Gasteiger partial charge in [0.25, 0.3) is 0 Å². The van der Waals surface area contributed by atoms with Crippen LogP contribution in [-0.2, 0) is 16.0 Å². The van der Waals surface area contributed by atoms with Gasteiger partial charge in [-0.3, -0.25) is 4.79 Å². The van der Waals surface area contributed by atoms with Gasteiger partial charge in [0.05, 0.1) is 19.8 Å². The molecule has 0 amide bonds. The second-order valence-electron chi connectivity index (χ2n) is 5.81. The molecule has 1 aliphatic heterocycles. The standard InChI is InChI=1S/C14H21N3O5/c18-7-6-17-12(10(8-19)15-16-17)13(20)11-9-21-14(22-11)4-2-1-3-5-14/h8,11,13,18,20H,1-7,9H2. The molecule has 0 aromatic carbocycles. The lowest BCUT2D eigenvalue weighted by molar-refractivity contribution is -0.196. The first-order valence-electron chi connectivity index (χ1n) is 7.68. The highest BCUT2D eigenvalue weighted by Crippen LogP contribution is 2.40. The van der Waals surface area contributed by atoms with Crippen molar-refractivity contribution < 1.29 is 24.5 Å². The Morgan fingerprint density at radius 3 is 2.86 bits per heavy atom. The molecule has 122 valence electrons. The van der Waals surface area contributed by atoms with Crippen LogP contribution in [0.1, 0.15) is 54.4 Å². The van der Waals surface area contributed by atoms with Crippen molar-refractivity contribution in [3.8, 4) is 0 Å². The monoisotopic (exact) mass is 311 g/mol. The number of aliphatic hydroxyl groups excluding tert-OH is 2. The molecule has 22 heavy (non-hydrogen) atoms. The van der Waals surface area contributed by atoms with Gasteiger partial charge in [-0.15, -0.1) is 5.10 Å². The van der Waals surface area contributed by atoms with Gasteiger partial charge in [-0.05, 0) is 12.8 Å². The van der Waals surface area contributed by atoms with Crippen LogP contribution in [0.2, 0.25) is 0 Å². The molecule has 2 fully saturated rings. The number of ether oxygens (including phenoxy) is 2. The number of hydrogen-bond acceptors (Lipinski definition) is 7. The number of aldehydes is 1. The number of aromatic nitrogens is 3. The summed E-state index contributed by atoms with van der Waals surface area (Å²) in [6, 6.07) is 0. The van der Waals surface area contributed by atoms with Crippen molar-refractivity contribution in [2.45, 2.75) is 56.6 Å². The van der Waals surface area contributed by atoms with Gasteiger partial charge in [0, 0.05) is 12.8 Å². The molecule has 1 saturated carbocycles. The second-order valence-corrected chi connectivity index (χ2v) is 5.81. The van der Waals surface area contributed by atoms with Gasteiger partial charge in [-0.2, -0.15) is 0 Å². The minimum absolute atomic E-state index is 0.0640. The number of nitrogens with zero attached hydrogens (tertiary/aromatic N) is 3. The molecule has 2 atom stereocenters. The van der Waals surface area contributed by atoms with Gasteiger partial charge in [0.1, 0.15) is 17.9 Å². The van der Waals surface area contributed by atoms with Crippen LogP contribution in [0.3, 0.4) is 0 Å². The molecule has 2 heterocycles. The van der Waals surface area contributed by atoms with Crippen molar-refractivity contribution in [2.75, 3.05) is 13.2 Å². The lowest BCUT2D eigenvalue weighted by Crippen LogP contribution is -2.34. The number of rotatable bonds is 5.